The van der Waals surface area contributed by atoms with Crippen molar-refractivity contribution in [3.05, 3.63) is 70.4 Å². The minimum absolute atomic E-state index is 0.00398. The Balaban J connectivity index is 1.97. The fraction of sp³-hybridized carbons (Fsp3) is 0.188. The molecule has 0 fully saturated rings. The fourth-order valence-corrected chi connectivity index (χ4v) is 3.05. The van der Waals surface area contributed by atoms with Crippen LogP contribution in [0.5, 0.6) is 0 Å². The molecule has 0 aromatic heterocycles. The van der Waals surface area contributed by atoms with E-state index >= 15 is 0 Å². The molecule has 1 unspecified atom stereocenters. The maximum Gasteiger partial charge on any atom is 0.150 e. The summed E-state index contributed by atoms with van der Waals surface area (Å²) in [6, 6.07) is 0. The van der Waals surface area contributed by atoms with Gasteiger partial charge in [-0.3, -0.25) is 4.79 Å². The van der Waals surface area contributed by atoms with Gasteiger partial charge in [0.25, 0.3) is 0 Å². The molecule has 17 heavy (non-hydrogen) atoms. The summed E-state index contributed by atoms with van der Waals surface area (Å²) >= 11 is 0. The summed E-state index contributed by atoms with van der Waals surface area (Å²) in [7, 11) is 0. The van der Waals surface area contributed by atoms with Crippen molar-refractivity contribution < 1.29 is 4.79 Å². The molecule has 0 heterocycles. The first-order chi connectivity index (χ1) is 8.31. The van der Waals surface area contributed by atoms with Gasteiger partial charge >= 0.3 is 0 Å². The van der Waals surface area contributed by atoms with Crippen LogP contribution in [0.15, 0.2) is 70.4 Å². The van der Waals surface area contributed by atoms with Crippen molar-refractivity contribution in [2.75, 3.05) is 0 Å². The lowest BCUT2D eigenvalue weighted by Crippen LogP contribution is -2.15. The van der Waals surface area contributed by atoms with Gasteiger partial charge in [0.05, 0.1) is 0 Å². The average molecular weight is 220 g/mol. The Morgan fingerprint density at radius 3 is 3.06 bits per heavy atom. The number of aldehydes is 1. The van der Waals surface area contributed by atoms with E-state index in [1.165, 1.54) is 22.3 Å². The first-order valence-corrected chi connectivity index (χ1v) is 6.00. The first-order valence-electron chi connectivity index (χ1n) is 6.00. The Labute approximate surface area is 100 Å². The molecule has 1 nitrogen and oxygen atoms in total. The van der Waals surface area contributed by atoms with E-state index in [1.807, 2.05) is 6.08 Å². The Bertz CT molecular complexity index is 620. The lowest BCUT2D eigenvalue weighted by Gasteiger charge is -2.25. The van der Waals surface area contributed by atoms with Crippen LogP contribution >= 0.6 is 0 Å². The molecule has 0 aromatic rings. The van der Waals surface area contributed by atoms with Crippen LogP contribution in [0.25, 0.3) is 0 Å². The van der Waals surface area contributed by atoms with Crippen LogP contribution < -0.4 is 0 Å². The third-order valence-corrected chi connectivity index (χ3v) is 4.09. The Kier molecular flexibility index (Phi) is 1.54. The van der Waals surface area contributed by atoms with E-state index in [9.17, 15) is 4.79 Å². The molecule has 0 saturated carbocycles. The van der Waals surface area contributed by atoms with Crippen molar-refractivity contribution in [2.45, 2.75) is 12.8 Å². The van der Waals surface area contributed by atoms with E-state index < -0.39 is 0 Å². The summed E-state index contributed by atoms with van der Waals surface area (Å²) in [5.41, 5.74) is 6.28. The van der Waals surface area contributed by atoms with Crippen LogP contribution in [-0.2, 0) is 4.79 Å². The van der Waals surface area contributed by atoms with Crippen molar-refractivity contribution in [1.82, 2.24) is 0 Å². The van der Waals surface area contributed by atoms with Crippen molar-refractivity contribution >= 4 is 6.29 Å². The number of rotatable bonds is 1. The zero-order valence-electron chi connectivity index (χ0n) is 9.44. The summed E-state index contributed by atoms with van der Waals surface area (Å²) in [5, 5.41) is 0. The average Bonchev–Trinajstić information content (AvgIpc) is 3.06. The standard InChI is InChI=1S/C16H12O/c17-10-11-6-13-9-16(4-1-2-14(16)7-11)5-3-12-8-15(12)13/h1-7,10H,8-9H2. The third kappa shape index (κ3) is 1.17. The summed E-state index contributed by atoms with van der Waals surface area (Å²) in [6.45, 7) is 0. The monoisotopic (exact) mass is 220 g/mol. The van der Waals surface area contributed by atoms with Crippen molar-refractivity contribution in [1.29, 1.82) is 0 Å². The van der Waals surface area contributed by atoms with Gasteiger partial charge in [-0.2, -0.15) is 0 Å². The van der Waals surface area contributed by atoms with Gasteiger partial charge in [-0.1, -0.05) is 30.4 Å². The molecule has 0 saturated heterocycles. The summed E-state index contributed by atoms with van der Waals surface area (Å²) in [4.78, 5) is 11.1. The zero-order chi connectivity index (χ0) is 11.5. The minimum Gasteiger partial charge on any atom is -0.298 e. The highest BCUT2D eigenvalue weighted by Crippen LogP contribution is 2.53. The van der Waals surface area contributed by atoms with Crippen molar-refractivity contribution in [3.8, 4) is 0 Å². The van der Waals surface area contributed by atoms with E-state index in [-0.39, 0.29) is 5.41 Å². The third-order valence-electron chi connectivity index (χ3n) is 4.09. The van der Waals surface area contributed by atoms with Crippen molar-refractivity contribution in [2.24, 2.45) is 5.41 Å². The second-order valence-corrected chi connectivity index (χ2v) is 5.14. The minimum atomic E-state index is 0.00398. The molecule has 0 aromatic carbocycles. The highest BCUT2D eigenvalue weighted by atomic mass is 16.1. The molecular formula is C16H12O. The Hall–Kier alpha value is -1.89. The smallest absolute Gasteiger partial charge is 0.150 e. The summed E-state index contributed by atoms with van der Waals surface area (Å²) < 4.78 is 0. The molecule has 0 aliphatic heterocycles. The van der Waals surface area contributed by atoms with E-state index in [2.05, 4.69) is 36.5 Å². The van der Waals surface area contributed by atoms with E-state index in [1.54, 1.807) is 0 Å². The Morgan fingerprint density at radius 2 is 2.18 bits per heavy atom. The van der Waals surface area contributed by atoms with Crippen LogP contribution in [0.3, 0.4) is 0 Å². The molecule has 4 rings (SSSR count). The number of fused-ring (bicyclic) bond motifs is 2. The van der Waals surface area contributed by atoms with Gasteiger partial charge in [0.15, 0.2) is 0 Å². The molecule has 1 atom stereocenters. The van der Waals surface area contributed by atoms with Gasteiger partial charge in [0.1, 0.15) is 6.29 Å². The lowest BCUT2D eigenvalue weighted by atomic mass is 9.77. The van der Waals surface area contributed by atoms with Gasteiger partial charge in [0.2, 0.25) is 0 Å². The van der Waals surface area contributed by atoms with Crippen molar-refractivity contribution in [3.63, 3.8) is 0 Å². The molecule has 1 spiro atoms. The van der Waals surface area contributed by atoms with Crippen LogP contribution in [0, 0.1) is 5.41 Å². The molecule has 4 aliphatic carbocycles. The molecule has 1 heteroatoms. The molecule has 0 N–H and O–H groups in total. The number of allylic oxidation sites excluding steroid dienone is 12. The van der Waals surface area contributed by atoms with E-state index in [0.29, 0.717) is 0 Å². The predicted molar refractivity (Wildman–Crippen MR) is 67.3 cm³/mol. The summed E-state index contributed by atoms with van der Waals surface area (Å²) in [5.74, 6) is 0. The first kappa shape index (κ1) is 9.17. The Morgan fingerprint density at radius 1 is 1.24 bits per heavy atom. The topological polar surface area (TPSA) is 17.1 Å². The van der Waals surface area contributed by atoms with Gasteiger partial charge in [-0.25, -0.2) is 0 Å². The van der Waals surface area contributed by atoms with Gasteiger partial charge < -0.3 is 0 Å². The zero-order valence-corrected chi connectivity index (χ0v) is 9.44. The fourth-order valence-electron chi connectivity index (χ4n) is 3.05. The highest BCUT2D eigenvalue weighted by molar-refractivity contribution is 5.81. The molecule has 4 aliphatic rings. The quantitative estimate of drug-likeness (QED) is 0.620. The van der Waals surface area contributed by atoms with Crippen LogP contribution in [0.1, 0.15) is 12.8 Å². The molecule has 2 bridgehead atoms. The van der Waals surface area contributed by atoms with Gasteiger partial charge in [-0.15, -0.1) is 0 Å². The predicted octanol–water partition coefficient (Wildman–Crippen LogP) is 3.19. The molecule has 82 valence electrons. The highest BCUT2D eigenvalue weighted by Gasteiger charge is 2.38. The molecule has 0 radical (unpaired) electrons. The van der Waals surface area contributed by atoms with E-state index in [0.717, 1.165) is 24.7 Å². The van der Waals surface area contributed by atoms with Crippen LogP contribution in [0.2, 0.25) is 0 Å². The number of hydrogen-bond donors (Lipinski definition) is 0. The molecular weight excluding hydrogens is 208 g/mol. The van der Waals surface area contributed by atoms with E-state index in [4.69, 9.17) is 0 Å². The largest absolute Gasteiger partial charge is 0.298 e. The van der Waals surface area contributed by atoms with Gasteiger partial charge in [0, 0.05) is 11.0 Å². The number of hydrogen-bond acceptors (Lipinski definition) is 1. The van der Waals surface area contributed by atoms with Crippen LogP contribution in [0.4, 0.5) is 0 Å². The second kappa shape index (κ2) is 2.86. The number of carbonyl (C=O) groups excluding carboxylic acids is 1. The SMILES string of the molecule is O=CC1=CC2=CC=CC23C=CC2=C(C2)C(=C1)C3. The number of carbonyl (C=O) groups is 1. The summed E-state index contributed by atoms with van der Waals surface area (Å²) in [6.07, 6.45) is 18.2. The van der Waals surface area contributed by atoms with Gasteiger partial charge in [-0.05, 0) is 47.3 Å². The maximum atomic E-state index is 11.1. The maximum absolute atomic E-state index is 11.1. The molecule has 0 amide bonds. The second-order valence-electron chi connectivity index (χ2n) is 5.14. The normalized spacial score (nSPS) is 31.9. The van der Waals surface area contributed by atoms with Crippen LogP contribution in [-0.4, -0.2) is 6.29 Å². The lowest BCUT2D eigenvalue weighted by molar-refractivity contribution is -0.104.